The summed E-state index contributed by atoms with van der Waals surface area (Å²) in [5.74, 6) is -1.46. The van der Waals surface area contributed by atoms with E-state index in [1.54, 1.807) is 12.1 Å². The summed E-state index contributed by atoms with van der Waals surface area (Å²) in [6.45, 7) is -0.0692. The monoisotopic (exact) mass is 271 g/mol. The molecule has 0 unspecified atom stereocenters. The van der Waals surface area contributed by atoms with Crippen molar-refractivity contribution in [2.24, 2.45) is 0 Å². The maximum absolute atomic E-state index is 12.5. The van der Waals surface area contributed by atoms with Gasteiger partial charge in [0.25, 0.3) is 0 Å². The van der Waals surface area contributed by atoms with Crippen molar-refractivity contribution in [1.82, 2.24) is 14.8 Å². The van der Waals surface area contributed by atoms with E-state index in [0.29, 0.717) is 11.6 Å². The summed E-state index contributed by atoms with van der Waals surface area (Å²) in [6.07, 6.45) is -1.75. The lowest BCUT2D eigenvalue weighted by atomic mass is 10.2. The molecule has 8 heteroatoms. The molecule has 5 nitrogen and oxygen atoms in total. The molecule has 0 saturated heterocycles. The molecule has 0 amide bonds. The van der Waals surface area contributed by atoms with Crippen molar-refractivity contribution in [3.63, 3.8) is 0 Å². The van der Waals surface area contributed by atoms with Crippen LogP contribution in [0.15, 0.2) is 30.6 Å². The largest absolute Gasteiger partial charge is 0.477 e. The van der Waals surface area contributed by atoms with Crippen molar-refractivity contribution >= 4 is 5.97 Å². The molecule has 0 bridgehead atoms. The second-order valence-corrected chi connectivity index (χ2v) is 3.73. The van der Waals surface area contributed by atoms with Gasteiger partial charge >= 0.3 is 12.1 Å². The molecule has 1 N–H and O–H groups in total. The Morgan fingerprint density at radius 1 is 1.32 bits per heavy atom. The topological polar surface area (TPSA) is 68.0 Å². The molecule has 0 saturated carbocycles. The fourth-order valence-electron chi connectivity index (χ4n) is 1.51. The van der Waals surface area contributed by atoms with Crippen LogP contribution < -0.4 is 0 Å². The fourth-order valence-corrected chi connectivity index (χ4v) is 1.51. The average Bonchev–Trinajstić information content (AvgIpc) is 2.74. The first-order valence-corrected chi connectivity index (χ1v) is 5.15. The number of nitrogens with zero attached hydrogens (tertiary/aromatic N) is 3. The molecule has 2 aromatic heterocycles. The zero-order valence-corrected chi connectivity index (χ0v) is 9.42. The highest BCUT2D eigenvalue weighted by Crippen LogP contribution is 2.28. The van der Waals surface area contributed by atoms with Gasteiger partial charge in [-0.2, -0.15) is 18.3 Å². The lowest BCUT2D eigenvalue weighted by Gasteiger charge is -2.04. The quantitative estimate of drug-likeness (QED) is 0.927. The van der Waals surface area contributed by atoms with Crippen molar-refractivity contribution in [1.29, 1.82) is 0 Å². The Labute approximate surface area is 105 Å². The molecule has 0 radical (unpaired) electrons. The SMILES string of the molecule is O=C(O)c1cc(C(F)(F)F)nn1Cc1ccncc1. The van der Waals surface area contributed by atoms with Gasteiger partial charge in [-0.1, -0.05) is 0 Å². The van der Waals surface area contributed by atoms with E-state index in [9.17, 15) is 18.0 Å². The number of halogens is 3. The minimum atomic E-state index is -4.67. The smallest absolute Gasteiger partial charge is 0.435 e. The Bertz CT molecular complexity index is 593. The number of alkyl halides is 3. The van der Waals surface area contributed by atoms with Crippen molar-refractivity contribution in [2.45, 2.75) is 12.7 Å². The Hall–Kier alpha value is -2.38. The molecule has 0 aliphatic rings. The van der Waals surface area contributed by atoms with Crippen LogP contribution >= 0.6 is 0 Å². The summed E-state index contributed by atoms with van der Waals surface area (Å²) in [7, 11) is 0. The summed E-state index contributed by atoms with van der Waals surface area (Å²) >= 11 is 0. The van der Waals surface area contributed by atoms with Gasteiger partial charge in [0.05, 0.1) is 6.54 Å². The van der Waals surface area contributed by atoms with Gasteiger partial charge in [-0.25, -0.2) is 4.79 Å². The summed E-state index contributed by atoms with van der Waals surface area (Å²) < 4.78 is 38.3. The first kappa shape index (κ1) is 13.1. The minimum absolute atomic E-state index is 0.0692. The number of aromatic carboxylic acids is 1. The van der Waals surface area contributed by atoms with E-state index in [-0.39, 0.29) is 6.54 Å². The first-order chi connectivity index (χ1) is 8.88. The molecule has 2 rings (SSSR count). The lowest BCUT2D eigenvalue weighted by Crippen LogP contribution is -2.12. The number of hydrogen-bond acceptors (Lipinski definition) is 3. The number of carbonyl (C=O) groups is 1. The molecule has 0 atom stereocenters. The minimum Gasteiger partial charge on any atom is -0.477 e. The van der Waals surface area contributed by atoms with Crippen molar-refractivity contribution in [2.75, 3.05) is 0 Å². The zero-order valence-electron chi connectivity index (χ0n) is 9.42. The number of aromatic nitrogens is 3. The van der Waals surface area contributed by atoms with Gasteiger partial charge in [0.15, 0.2) is 5.69 Å². The van der Waals surface area contributed by atoms with Crippen LogP contribution in [0, 0.1) is 0 Å². The molecular formula is C11H8F3N3O2. The van der Waals surface area contributed by atoms with Gasteiger partial charge in [0.1, 0.15) is 5.69 Å². The van der Waals surface area contributed by atoms with Gasteiger partial charge in [0, 0.05) is 18.5 Å². The standard InChI is InChI=1S/C11H8F3N3O2/c12-11(13,14)9-5-8(10(18)19)17(16-9)6-7-1-3-15-4-2-7/h1-5H,6H2,(H,18,19). The zero-order chi connectivity index (χ0) is 14.0. The highest BCUT2D eigenvalue weighted by Gasteiger charge is 2.35. The van der Waals surface area contributed by atoms with Crippen LogP contribution in [-0.4, -0.2) is 25.8 Å². The van der Waals surface area contributed by atoms with Crippen LogP contribution in [0.25, 0.3) is 0 Å². The molecule has 0 fully saturated rings. The van der Waals surface area contributed by atoms with E-state index in [0.717, 1.165) is 4.68 Å². The third kappa shape index (κ3) is 2.90. The number of carboxylic acid groups (broad SMARTS) is 1. The highest BCUT2D eigenvalue weighted by molar-refractivity contribution is 5.85. The highest BCUT2D eigenvalue weighted by atomic mass is 19.4. The van der Waals surface area contributed by atoms with Gasteiger partial charge < -0.3 is 5.11 Å². The number of pyridine rings is 1. The van der Waals surface area contributed by atoms with E-state index in [1.807, 2.05) is 0 Å². The van der Waals surface area contributed by atoms with E-state index >= 15 is 0 Å². The van der Waals surface area contributed by atoms with Crippen molar-refractivity contribution in [3.8, 4) is 0 Å². The predicted octanol–water partition coefficient (Wildman–Crippen LogP) is 2.04. The van der Waals surface area contributed by atoms with Crippen molar-refractivity contribution < 1.29 is 23.1 Å². The second kappa shape index (κ2) is 4.71. The van der Waals surface area contributed by atoms with Crippen LogP contribution in [-0.2, 0) is 12.7 Å². The van der Waals surface area contributed by atoms with Gasteiger partial charge in [-0.05, 0) is 17.7 Å². The first-order valence-electron chi connectivity index (χ1n) is 5.15. The number of carboxylic acids is 1. The average molecular weight is 271 g/mol. The molecule has 2 aromatic rings. The fraction of sp³-hybridized carbons (Fsp3) is 0.182. The van der Waals surface area contributed by atoms with Crippen LogP contribution in [0.1, 0.15) is 21.7 Å². The van der Waals surface area contributed by atoms with Crippen LogP contribution in [0.4, 0.5) is 13.2 Å². The second-order valence-electron chi connectivity index (χ2n) is 3.73. The normalized spacial score (nSPS) is 11.5. The molecule has 0 aromatic carbocycles. The Morgan fingerprint density at radius 2 is 1.95 bits per heavy atom. The van der Waals surface area contributed by atoms with Crippen molar-refractivity contribution in [3.05, 3.63) is 47.5 Å². The molecule has 0 aliphatic carbocycles. The van der Waals surface area contributed by atoms with Gasteiger partial charge in [0.2, 0.25) is 0 Å². The maximum atomic E-state index is 12.5. The summed E-state index contributed by atoms with van der Waals surface area (Å²) in [5, 5.41) is 12.2. The molecule has 100 valence electrons. The van der Waals surface area contributed by atoms with Gasteiger partial charge in [-0.3, -0.25) is 9.67 Å². The number of hydrogen-bond donors (Lipinski definition) is 1. The Balaban J connectivity index is 2.39. The van der Waals surface area contributed by atoms with Crippen LogP contribution in [0.2, 0.25) is 0 Å². The van der Waals surface area contributed by atoms with Crippen LogP contribution in [0.5, 0.6) is 0 Å². The van der Waals surface area contributed by atoms with Gasteiger partial charge in [-0.15, -0.1) is 0 Å². The van der Waals surface area contributed by atoms with Crippen LogP contribution in [0.3, 0.4) is 0 Å². The van der Waals surface area contributed by atoms with E-state index < -0.39 is 23.5 Å². The molecule has 0 spiro atoms. The summed E-state index contributed by atoms with van der Waals surface area (Å²) in [4.78, 5) is 14.7. The lowest BCUT2D eigenvalue weighted by molar-refractivity contribution is -0.141. The summed E-state index contributed by atoms with van der Waals surface area (Å²) in [6, 6.07) is 3.66. The third-order valence-electron chi connectivity index (χ3n) is 2.37. The van der Waals surface area contributed by atoms with E-state index in [1.165, 1.54) is 12.4 Å². The van der Waals surface area contributed by atoms with E-state index in [2.05, 4.69) is 10.1 Å². The Morgan fingerprint density at radius 3 is 2.47 bits per heavy atom. The molecule has 19 heavy (non-hydrogen) atoms. The molecule has 0 aliphatic heterocycles. The molecular weight excluding hydrogens is 263 g/mol. The molecule has 2 heterocycles. The number of rotatable bonds is 3. The summed E-state index contributed by atoms with van der Waals surface area (Å²) in [5.41, 5.74) is -1.13. The Kier molecular flexibility index (Phi) is 3.24. The third-order valence-corrected chi connectivity index (χ3v) is 2.37. The predicted molar refractivity (Wildman–Crippen MR) is 57.5 cm³/mol. The maximum Gasteiger partial charge on any atom is 0.435 e. The van der Waals surface area contributed by atoms with E-state index in [4.69, 9.17) is 5.11 Å².